The van der Waals surface area contributed by atoms with E-state index in [4.69, 9.17) is 0 Å². The molecule has 0 fully saturated rings. The summed E-state index contributed by atoms with van der Waals surface area (Å²) in [4.78, 5) is 1.74. The van der Waals surface area contributed by atoms with Crippen LogP contribution in [-0.4, -0.2) is 5.75 Å². The van der Waals surface area contributed by atoms with Gasteiger partial charge in [0.2, 0.25) is 0 Å². The van der Waals surface area contributed by atoms with Gasteiger partial charge in [-0.05, 0) is 17.7 Å². The second kappa shape index (κ2) is 6.12. The zero-order chi connectivity index (χ0) is 11.2. The minimum absolute atomic E-state index is 0.416. The van der Waals surface area contributed by atoms with Crippen LogP contribution in [0.15, 0.2) is 65.6 Å². The maximum Gasteiger partial charge on any atom is 0.0489 e. The van der Waals surface area contributed by atoms with E-state index in [1.54, 1.807) is 0 Å². The van der Waals surface area contributed by atoms with Gasteiger partial charge < -0.3 is 0 Å². The molecule has 0 spiro atoms. The summed E-state index contributed by atoms with van der Waals surface area (Å²) >= 11 is 5.60. The highest BCUT2D eigenvalue weighted by Crippen LogP contribution is 2.30. The van der Waals surface area contributed by atoms with Crippen molar-refractivity contribution in [3.63, 3.8) is 0 Å². The summed E-state index contributed by atoms with van der Waals surface area (Å²) in [6.07, 6.45) is 0. The molecule has 2 rings (SSSR count). The average molecular weight is 293 g/mol. The standard InChI is InChI=1S/C14H13BrS/c15-14(12-7-3-1-4-8-12)11-16-13-9-5-2-6-10-13/h1-10,14H,11H2. The molecule has 1 unspecified atom stereocenters. The Morgan fingerprint density at radius 3 is 2.06 bits per heavy atom. The topological polar surface area (TPSA) is 0 Å². The summed E-state index contributed by atoms with van der Waals surface area (Å²) in [5.41, 5.74) is 1.34. The predicted octanol–water partition coefficient (Wildman–Crippen LogP) is 4.91. The number of halogens is 1. The third-order valence-corrected chi connectivity index (χ3v) is 4.69. The van der Waals surface area contributed by atoms with E-state index in [0.29, 0.717) is 4.83 Å². The molecule has 0 saturated heterocycles. The summed E-state index contributed by atoms with van der Waals surface area (Å²) in [6.45, 7) is 0. The molecule has 0 amide bonds. The molecule has 0 bridgehead atoms. The lowest BCUT2D eigenvalue weighted by Gasteiger charge is -2.09. The highest BCUT2D eigenvalue weighted by atomic mass is 79.9. The maximum atomic E-state index is 3.72. The fourth-order valence-electron chi connectivity index (χ4n) is 1.44. The lowest BCUT2D eigenvalue weighted by Crippen LogP contribution is -1.92. The van der Waals surface area contributed by atoms with E-state index in [0.717, 1.165) is 5.75 Å². The smallest absolute Gasteiger partial charge is 0.0489 e. The second-order valence-corrected chi connectivity index (χ2v) is 5.70. The molecule has 0 N–H and O–H groups in total. The van der Waals surface area contributed by atoms with Crippen LogP contribution < -0.4 is 0 Å². The Balaban J connectivity index is 1.92. The van der Waals surface area contributed by atoms with Crippen molar-refractivity contribution < 1.29 is 0 Å². The second-order valence-electron chi connectivity index (χ2n) is 3.50. The maximum absolute atomic E-state index is 3.72. The molecule has 0 aliphatic heterocycles. The SMILES string of the molecule is BrC(CSc1ccccc1)c1ccccc1. The van der Waals surface area contributed by atoms with Gasteiger partial charge in [0.1, 0.15) is 0 Å². The van der Waals surface area contributed by atoms with Gasteiger partial charge in [-0.15, -0.1) is 11.8 Å². The minimum atomic E-state index is 0.416. The molecule has 2 aromatic rings. The fourth-order valence-corrected chi connectivity index (χ4v) is 3.03. The Labute approximate surface area is 109 Å². The van der Waals surface area contributed by atoms with Gasteiger partial charge in [0.15, 0.2) is 0 Å². The highest BCUT2D eigenvalue weighted by Gasteiger charge is 2.06. The van der Waals surface area contributed by atoms with Gasteiger partial charge in [-0.25, -0.2) is 0 Å². The molecule has 0 aromatic heterocycles. The van der Waals surface area contributed by atoms with E-state index in [2.05, 4.69) is 64.5 Å². The summed E-state index contributed by atoms with van der Waals surface area (Å²) in [5.74, 6) is 1.05. The molecule has 2 heteroatoms. The van der Waals surface area contributed by atoms with Crippen molar-refractivity contribution in [1.82, 2.24) is 0 Å². The van der Waals surface area contributed by atoms with Gasteiger partial charge in [-0.3, -0.25) is 0 Å². The molecule has 0 radical (unpaired) electrons. The number of hydrogen-bond acceptors (Lipinski definition) is 1. The van der Waals surface area contributed by atoms with Crippen molar-refractivity contribution in [3.8, 4) is 0 Å². The van der Waals surface area contributed by atoms with E-state index < -0.39 is 0 Å². The van der Waals surface area contributed by atoms with E-state index in [9.17, 15) is 0 Å². The largest absolute Gasteiger partial charge is 0.125 e. The lowest BCUT2D eigenvalue weighted by molar-refractivity contribution is 1.14. The van der Waals surface area contributed by atoms with Gasteiger partial charge in [0, 0.05) is 15.5 Å². The number of thioether (sulfide) groups is 1. The van der Waals surface area contributed by atoms with Gasteiger partial charge in [-0.1, -0.05) is 64.5 Å². The lowest BCUT2D eigenvalue weighted by atomic mass is 10.2. The molecule has 0 aliphatic rings. The van der Waals surface area contributed by atoms with E-state index in [1.807, 2.05) is 23.9 Å². The third-order valence-electron chi connectivity index (χ3n) is 2.30. The van der Waals surface area contributed by atoms with Gasteiger partial charge in [0.25, 0.3) is 0 Å². The highest BCUT2D eigenvalue weighted by molar-refractivity contribution is 9.09. The number of hydrogen-bond donors (Lipinski definition) is 0. The minimum Gasteiger partial charge on any atom is -0.125 e. The normalized spacial score (nSPS) is 12.3. The van der Waals surface area contributed by atoms with E-state index >= 15 is 0 Å². The molecule has 2 aromatic carbocycles. The first-order valence-corrected chi connectivity index (χ1v) is 7.13. The number of benzene rings is 2. The van der Waals surface area contributed by atoms with Crippen LogP contribution in [0.4, 0.5) is 0 Å². The summed E-state index contributed by atoms with van der Waals surface area (Å²) in [6, 6.07) is 21.0. The number of alkyl halides is 1. The van der Waals surface area contributed by atoms with Crippen molar-refractivity contribution in [3.05, 3.63) is 66.2 Å². The Morgan fingerprint density at radius 2 is 1.44 bits per heavy atom. The fraction of sp³-hybridized carbons (Fsp3) is 0.143. The van der Waals surface area contributed by atoms with Crippen LogP contribution in [0.3, 0.4) is 0 Å². The molecule has 1 atom stereocenters. The Morgan fingerprint density at radius 1 is 0.875 bits per heavy atom. The van der Waals surface area contributed by atoms with Gasteiger partial charge in [-0.2, -0.15) is 0 Å². The first-order chi connectivity index (χ1) is 7.86. The van der Waals surface area contributed by atoms with Crippen molar-refractivity contribution >= 4 is 27.7 Å². The molecule has 0 heterocycles. The Hall–Kier alpha value is -0.730. The van der Waals surface area contributed by atoms with Crippen molar-refractivity contribution in [2.75, 3.05) is 5.75 Å². The zero-order valence-electron chi connectivity index (χ0n) is 8.84. The van der Waals surface area contributed by atoms with E-state index in [-0.39, 0.29) is 0 Å². The Kier molecular flexibility index (Phi) is 4.49. The quantitative estimate of drug-likeness (QED) is 0.570. The molecular formula is C14H13BrS. The zero-order valence-corrected chi connectivity index (χ0v) is 11.2. The molecule has 16 heavy (non-hydrogen) atoms. The molecule has 0 saturated carbocycles. The molecule has 82 valence electrons. The van der Waals surface area contributed by atoms with Crippen LogP contribution in [0.25, 0.3) is 0 Å². The van der Waals surface area contributed by atoms with Crippen LogP contribution >= 0.6 is 27.7 Å². The van der Waals surface area contributed by atoms with Crippen LogP contribution in [0.2, 0.25) is 0 Å². The van der Waals surface area contributed by atoms with Crippen LogP contribution in [-0.2, 0) is 0 Å². The van der Waals surface area contributed by atoms with Crippen LogP contribution in [0.5, 0.6) is 0 Å². The van der Waals surface area contributed by atoms with Gasteiger partial charge >= 0.3 is 0 Å². The summed E-state index contributed by atoms with van der Waals surface area (Å²) in [5, 5.41) is 0. The summed E-state index contributed by atoms with van der Waals surface area (Å²) in [7, 11) is 0. The van der Waals surface area contributed by atoms with Crippen LogP contribution in [0.1, 0.15) is 10.4 Å². The third kappa shape index (κ3) is 3.39. The van der Waals surface area contributed by atoms with Crippen molar-refractivity contribution in [1.29, 1.82) is 0 Å². The average Bonchev–Trinajstić information content (AvgIpc) is 2.38. The Bertz CT molecular complexity index is 413. The van der Waals surface area contributed by atoms with Gasteiger partial charge in [0.05, 0.1) is 0 Å². The first-order valence-electron chi connectivity index (χ1n) is 5.23. The van der Waals surface area contributed by atoms with Crippen LogP contribution in [0, 0.1) is 0 Å². The number of rotatable bonds is 4. The summed E-state index contributed by atoms with van der Waals surface area (Å²) < 4.78 is 0. The first kappa shape index (κ1) is 11.7. The predicted molar refractivity (Wildman–Crippen MR) is 75.3 cm³/mol. The van der Waals surface area contributed by atoms with Crippen molar-refractivity contribution in [2.45, 2.75) is 9.72 Å². The molecule has 0 nitrogen and oxygen atoms in total. The molecule has 0 aliphatic carbocycles. The molecular weight excluding hydrogens is 280 g/mol. The monoisotopic (exact) mass is 292 g/mol. The van der Waals surface area contributed by atoms with Crippen molar-refractivity contribution in [2.24, 2.45) is 0 Å². The van der Waals surface area contributed by atoms with E-state index in [1.165, 1.54) is 10.5 Å².